The zero-order valence-electron chi connectivity index (χ0n) is 13.3. The lowest BCUT2D eigenvalue weighted by atomic mass is 10.2. The van der Waals surface area contributed by atoms with Gasteiger partial charge in [-0.1, -0.05) is 30.0 Å². The van der Waals surface area contributed by atoms with Gasteiger partial charge in [0.1, 0.15) is 5.76 Å². The fourth-order valence-corrected chi connectivity index (χ4v) is 2.86. The van der Waals surface area contributed by atoms with E-state index < -0.39 is 0 Å². The van der Waals surface area contributed by atoms with E-state index in [0.29, 0.717) is 16.7 Å². The Balaban J connectivity index is 1.65. The van der Waals surface area contributed by atoms with Crippen LogP contribution >= 0.6 is 11.8 Å². The third kappa shape index (κ3) is 3.28. The molecule has 2 heterocycles. The van der Waals surface area contributed by atoms with Gasteiger partial charge in [-0.3, -0.25) is 4.79 Å². The van der Waals surface area contributed by atoms with E-state index in [-0.39, 0.29) is 11.7 Å². The summed E-state index contributed by atoms with van der Waals surface area (Å²) in [4.78, 5) is 12.1. The number of hydrogen-bond donors (Lipinski definition) is 2. The van der Waals surface area contributed by atoms with Crippen LogP contribution in [-0.2, 0) is 4.79 Å². The number of carbonyl (C=O) groups is 1. The highest BCUT2D eigenvalue weighted by molar-refractivity contribution is 7.99. The summed E-state index contributed by atoms with van der Waals surface area (Å²) >= 11 is 1.23. The summed E-state index contributed by atoms with van der Waals surface area (Å²) in [6.45, 7) is 3.77. The number of para-hydroxylation sites is 1. The average molecular weight is 343 g/mol. The van der Waals surface area contributed by atoms with E-state index in [1.807, 2.05) is 38.1 Å². The minimum Gasteiger partial charge on any atom is -0.469 e. The number of anilines is 1. The van der Waals surface area contributed by atoms with Crippen molar-refractivity contribution in [3.8, 4) is 11.4 Å². The Morgan fingerprint density at radius 3 is 2.79 bits per heavy atom. The first-order chi connectivity index (χ1) is 11.6. The maximum atomic E-state index is 12.1. The van der Waals surface area contributed by atoms with Crippen LogP contribution in [0.15, 0.2) is 46.2 Å². The van der Waals surface area contributed by atoms with Crippen molar-refractivity contribution in [1.29, 1.82) is 0 Å². The van der Waals surface area contributed by atoms with Gasteiger partial charge in [-0.05, 0) is 31.5 Å². The zero-order chi connectivity index (χ0) is 17.1. The van der Waals surface area contributed by atoms with Gasteiger partial charge < -0.3 is 15.6 Å². The van der Waals surface area contributed by atoms with E-state index in [0.717, 1.165) is 16.8 Å². The largest absolute Gasteiger partial charge is 0.469 e. The van der Waals surface area contributed by atoms with Gasteiger partial charge in [-0.25, -0.2) is 4.68 Å². The fourth-order valence-electron chi connectivity index (χ4n) is 2.21. The predicted molar refractivity (Wildman–Crippen MR) is 93.1 cm³/mol. The molecule has 1 aromatic carbocycles. The SMILES string of the molecule is Cc1ccccc1NC(=O)CSc1nnc(-c2ccoc2C)n1N. The molecule has 2 aromatic heterocycles. The van der Waals surface area contributed by atoms with Crippen molar-refractivity contribution in [1.82, 2.24) is 14.9 Å². The maximum absolute atomic E-state index is 12.1. The molecule has 3 aromatic rings. The third-order valence-electron chi connectivity index (χ3n) is 3.52. The normalized spacial score (nSPS) is 10.8. The molecule has 3 N–H and O–H groups in total. The Kier molecular flexibility index (Phi) is 4.57. The lowest BCUT2D eigenvalue weighted by molar-refractivity contribution is -0.113. The summed E-state index contributed by atoms with van der Waals surface area (Å²) < 4.78 is 6.62. The molecular formula is C16H17N5O2S. The number of thioether (sulfide) groups is 1. The summed E-state index contributed by atoms with van der Waals surface area (Å²) in [5.41, 5.74) is 2.59. The number of amides is 1. The number of furan rings is 1. The highest BCUT2D eigenvalue weighted by atomic mass is 32.2. The minimum absolute atomic E-state index is 0.127. The number of aromatic nitrogens is 3. The topological polar surface area (TPSA) is 99.0 Å². The predicted octanol–water partition coefficient (Wildman–Crippen LogP) is 2.60. The molecule has 124 valence electrons. The number of nitrogens with zero attached hydrogens (tertiary/aromatic N) is 3. The van der Waals surface area contributed by atoms with Crippen LogP contribution in [0.25, 0.3) is 11.4 Å². The number of rotatable bonds is 5. The second kappa shape index (κ2) is 6.79. The van der Waals surface area contributed by atoms with Crippen molar-refractivity contribution >= 4 is 23.4 Å². The molecule has 24 heavy (non-hydrogen) atoms. The Morgan fingerprint density at radius 2 is 2.08 bits per heavy atom. The Bertz CT molecular complexity index is 871. The lowest BCUT2D eigenvalue weighted by Gasteiger charge is -2.07. The monoisotopic (exact) mass is 343 g/mol. The first-order valence-electron chi connectivity index (χ1n) is 7.29. The van der Waals surface area contributed by atoms with Gasteiger partial charge in [0.2, 0.25) is 11.1 Å². The van der Waals surface area contributed by atoms with Crippen molar-refractivity contribution in [2.75, 3.05) is 16.9 Å². The molecule has 0 aliphatic carbocycles. The van der Waals surface area contributed by atoms with E-state index in [9.17, 15) is 4.79 Å². The minimum atomic E-state index is -0.127. The van der Waals surface area contributed by atoms with E-state index in [1.54, 1.807) is 12.3 Å². The van der Waals surface area contributed by atoms with Gasteiger partial charge in [0.05, 0.1) is 17.6 Å². The fraction of sp³-hybridized carbons (Fsp3) is 0.188. The Morgan fingerprint density at radius 1 is 1.29 bits per heavy atom. The van der Waals surface area contributed by atoms with Gasteiger partial charge in [0, 0.05) is 5.69 Å². The highest BCUT2D eigenvalue weighted by Gasteiger charge is 2.16. The number of hydrogen-bond acceptors (Lipinski definition) is 6. The second-order valence-electron chi connectivity index (χ2n) is 5.22. The van der Waals surface area contributed by atoms with Crippen LogP contribution in [0.4, 0.5) is 5.69 Å². The van der Waals surface area contributed by atoms with Gasteiger partial charge in [-0.15, -0.1) is 10.2 Å². The lowest BCUT2D eigenvalue weighted by Crippen LogP contribution is -2.17. The van der Waals surface area contributed by atoms with Gasteiger partial charge >= 0.3 is 0 Å². The molecule has 0 spiro atoms. The number of benzene rings is 1. The van der Waals surface area contributed by atoms with Crippen LogP contribution in [-0.4, -0.2) is 26.5 Å². The van der Waals surface area contributed by atoms with Gasteiger partial charge in [-0.2, -0.15) is 0 Å². The summed E-state index contributed by atoms with van der Waals surface area (Å²) in [6.07, 6.45) is 1.57. The third-order valence-corrected chi connectivity index (χ3v) is 4.46. The van der Waals surface area contributed by atoms with Crippen LogP contribution in [0.1, 0.15) is 11.3 Å². The number of nitrogens with two attached hydrogens (primary N) is 1. The van der Waals surface area contributed by atoms with Crippen LogP contribution in [0.3, 0.4) is 0 Å². The van der Waals surface area contributed by atoms with Crippen LogP contribution in [0, 0.1) is 13.8 Å². The molecule has 0 saturated carbocycles. The number of nitrogens with one attached hydrogen (secondary N) is 1. The first kappa shape index (κ1) is 16.1. The van der Waals surface area contributed by atoms with Crippen molar-refractivity contribution < 1.29 is 9.21 Å². The number of aryl methyl sites for hydroxylation is 2. The van der Waals surface area contributed by atoms with Crippen LogP contribution < -0.4 is 11.2 Å². The summed E-state index contributed by atoms with van der Waals surface area (Å²) in [7, 11) is 0. The molecule has 0 atom stereocenters. The molecule has 0 bridgehead atoms. The average Bonchev–Trinajstić information content (AvgIpc) is 3.13. The first-order valence-corrected chi connectivity index (χ1v) is 8.28. The summed E-state index contributed by atoms with van der Waals surface area (Å²) in [5, 5.41) is 11.4. The molecule has 7 nitrogen and oxygen atoms in total. The van der Waals surface area contributed by atoms with Crippen LogP contribution in [0.5, 0.6) is 0 Å². The summed E-state index contributed by atoms with van der Waals surface area (Å²) in [5.74, 6) is 7.30. The molecule has 8 heteroatoms. The Hall–Kier alpha value is -2.74. The summed E-state index contributed by atoms with van der Waals surface area (Å²) in [6, 6.07) is 9.39. The Labute approximate surface area is 143 Å². The van der Waals surface area contributed by atoms with E-state index in [1.165, 1.54) is 16.4 Å². The molecule has 1 amide bonds. The van der Waals surface area contributed by atoms with Gasteiger partial charge in [0.15, 0.2) is 5.82 Å². The molecule has 0 aliphatic heterocycles. The molecule has 0 saturated heterocycles. The van der Waals surface area contributed by atoms with Crippen molar-refractivity contribution in [2.45, 2.75) is 19.0 Å². The molecule has 0 fully saturated rings. The van der Waals surface area contributed by atoms with Crippen LogP contribution in [0.2, 0.25) is 0 Å². The highest BCUT2D eigenvalue weighted by Crippen LogP contribution is 2.25. The van der Waals surface area contributed by atoms with E-state index >= 15 is 0 Å². The zero-order valence-corrected chi connectivity index (χ0v) is 14.1. The molecule has 3 rings (SSSR count). The standard InChI is InChI=1S/C16H17N5O2S/c1-10-5-3-4-6-13(10)18-14(22)9-24-16-20-19-15(21(16)17)12-7-8-23-11(12)2/h3-8H,9,17H2,1-2H3,(H,18,22). The van der Waals surface area contributed by atoms with Crippen molar-refractivity contribution in [2.24, 2.45) is 0 Å². The molecule has 0 unspecified atom stereocenters. The smallest absolute Gasteiger partial charge is 0.234 e. The second-order valence-corrected chi connectivity index (χ2v) is 6.16. The molecular weight excluding hydrogens is 326 g/mol. The van der Waals surface area contributed by atoms with E-state index in [2.05, 4.69) is 15.5 Å². The quantitative estimate of drug-likeness (QED) is 0.546. The number of nitrogen functional groups attached to an aromatic ring is 1. The van der Waals surface area contributed by atoms with E-state index in [4.69, 9.17) is 10.3 Å². The van der Waals surface area contributed by atoms with Crippen molar-refractivity contribution in [3.05, 3.63) is 47.9 Å². The molecule has 0 radical (unpaired) electrons. The molecule has 0 aliphatic rings. The van der Waals surface area contributed by atoms with Gasteiger partial charge in [0.25, 0.3) is 0 Å². The maximum Gasteiger partial charge on any atom is 0.234 e. The number of carbonyl (C=O) groups excluding carboxylic acids is 1. The van der Waals surface area contributed by atoms with Crippen molar-refractivity contribution in [3.63, 3.8) is 0 Å².